The number of rotatable bonds is 3. The van der Waals surface area contributed by atoms with Crippen molar-refractivity contribution < 1.29 is 0 Å². The lowest BCUT2D eigenvalue weighted by Gasteiger charge is -2.26. The van der Waals surface area contributed by atoms with Gasteiger partial charge in [0.25, 0.3) is 0 Å². The normalized spacial score (nSPS) is 20.5. The summed E-state index contributed by atoms with van der Waals surface area (Å²) in [6.07, 6.45) is 1.83. The van der Waals surface area contributed by atoms with E-state index < -0.39 is 0 Å². The first kappa shape index (κ1) is 14.4. The molecule has 0 radical (unpaired) electrons. The fourth-order valence-corrected chi connectivity index (χ4v) is 4.17. The van der Waals surface area contributed by atoms with Gasteiger partial charge in [0.2, 0.25) is 0 Å². The summed E-state index contributed by atoms with van der Waals surface area (Å²) in [6, 6.07) is 20.7. The molecule has 0 amide bonds. The highest BCUT2D eigenvalue weighted by Crippen LogP contribution is 2.42. The van der Waals surface area contributed by atoms with E-state index >= 15 is 0 Å². The Labute approximate surface area is 144 Å². The predicted octanol–water partition coefficient (Wildman–Crippen LogP) is 4.32. The van der Waals surface area contributed by atoms with Gasteiger partial charge < -0.3 is 10.2 Å². The summed E-state index contributed by atoms with van der Waals surface area (Å²) in [6.45, 7) is 0. The van der Waals surface area contributed by atoms with Crippen molar-refractivity contribution in [2.75, 3.05) is 4.90 Å². The minimum atomic E-state index is 0.0440. The van der Waals surface area contributed by atoms with Gasteiger partial charge >= 0.3 is 0 Å². The van der Waals surface area contributed by atoms with E-state index in [2.05, 4.69) is 50.9 Å². The molecule has 2 aromatic heterocycles. The van der Waals surface area contributed by atoms with Crippen LogP contribution in [0.25, 0.3) is 0 Å². The van der Waals surface area contributed by atoms with Crippen molar-refractivity contribution in [2.45, 2.75) is 12.1 Å². The molecule has 0 saturated carbocycles. The van der Waals surface area contributed by atoms with Gasteiger partial charge in [0.15, 0.2) is 5.11 Å². The lowest BCUT2D eigenvalue weighted by molar-refractivity contribution is 0.575. The van der Waals surface area contributed by atoms with Gasteiger partial charge in [0, 0.05) is 16.8 Å². The Morgan fingerprint density at radius 2 is 1.83 bits per heavy atom. The number of thiocarbonyl (C=S) groups is 1. The van der Waals surface area contributed by atoms with Crippen LogP contribution in [0.3, 0.4) is 0 Å². The van der Waals surface area contributed by atoms with Gasteiger partial charge in [-0.2, -0.15) is 0 Å². The van der Waals surface area contributed by atoms with Gasteiger partial charge in [-0.15, -0.1) is 11.3 Å². The number of anilines is 1. The number of pyridine rings is 1. The first-order valence-corrected chi connectivity index (χ1v) is 8.72. The van der Waals surface area contributed by atoms with Gasteiger partial charge in [-0.3, -0.25) is 4.98 Å². The Hall–Kier alpha value is -2.24. The van der Waals surface area contributed by atoms with Crippen LogP contribution in [0.5, 0.6) is 0 Å². The summed E-state index contributed by atoms with van der Waals surface area (Å²) in [4.78, 5) is 8.01. The van der Waals surface area contributed by atoms with Crippen LogP contribution in [0.15, 0.2) is 72.2 Å². The predicted molar refractivity (Wildman–Crippen MR) is 98.7 cm³/mol. The first-order valence-electron chi connectivity index (χ1n) is 7.44. The van der Waals surface area contributed by atoms with Crippen LogP contribution in [0.1, 0.15) is 22.7 Å². The van der Waals surface area contributed by atoms with E-state index in [4.69, 9.17) is 12.2 Å². The summed E-state index contributed by atoms with van der Waals surface area (Å²) < 4.78 is 0. The molecule has 0 aliphatic carbocycles. The third kappa shape index (κ3) is 2.62. The molecule has 0 spiro atoms. The first-order chi connectivity index (χ1) is 11.3. The Morgan fingerprint density at radius 1 is 1.00 bits per heavy atom. The molecule has 4 rings (SSSR count). The van der Waals surface area contributed by atoms with Crippen LogP contribution in [0.2, 0.25) is 0 Å². The summed E-state index contributed by atoms with van der Waals surface area (Å²) in [5.74, 6) is 0. The van der Waals surface area contributed by atoms with Gasteiger partial charge in [0.1, 0.15) is 0 Å². The van der Waals surface area contributed by atoms with Crippen LogP contribution >= 0.6 is 23.6 Å². The fraction of sp³-hybridized carbons (Fsp3) is 0.111. The Bertz CT molecular complexity index is 788. The zero-order chi connectivity index (χ0) is 15.6. The van der Waals surface area contributed by atoms with E-state index in [1.165, 1.54) is 4.88 Å². The van der Waals surface area contributed by atoms with Crippen molar-refractivity contribution in [3.8, 4) is 0 Å². The quantitative estimate of drug-likeness (QED) is 0.721. The molecule has 5 heteroatoms. The number of thiophene rings is 1. The molecule has 1 aliphatic heterocycles. The minimum Gasteiger partial charge on any atom is -0.351 e. The number of nitrogens with zero attached hydrogens (tertiary/aromatic N) is 2. The van der Waals surface area contributed by atoms with E-state index in [0.29, 0.717) is 0 Å². The third-order valence-corrected chi connectivity index (χ3v) is 5.22. The summed E-state index contributed by atoms with van der Waals surface area (Å²) in [5.41, 5.74) is 2.11. The van der Waals surface area contributed by atoms with Crippen molar-refractivity contribution in [3.63, 3.8) is 0 Å². The van der Waals surface area contributed by atoms with E-state index in [-0.39, 0.29) is 12.1 Å². The molecule has 1 saturated heterocycles. The zero-order valence-electron chi connectivity index (χ0n) is 12.3. The molecular weight excluding hydrogens is 322 g/mol. The van der Waals surface area contributed by atoms with Crippen LogP contribution in [0, 0.1) is 0 Å². The number of aromatic nitrogens is 1. The Balaban J connectivity index is 1.81. The monoisotopic (exact) mass is 337 g/mol. The van der Waals surface area contributed by atoms with Crippen molar-refractivity contribution in [1.82, 2.24) is 10.3 Å². The van der Waals surface area contributed by atoms with Crippen molar-refractivity contribution >= 4 is 34.4 Å². The van der Waals surface area contributed by atoms with E-state index in [0.717, 1.165) is 16.5 Å². The summed E-state index contributed by atoms with van der Waals surface area (Å²) >= 11 is 7.39. The van der Waals surface area contributed by atoms with Crippen molar-refractivity contribution in [1.29, 1.82) is 0 Å². The average molecular weight is 337 g/mol. The molecule has 1 aromatic carbocycles. The van der Waals surface area contributed by atoms with Crippen molar-refractivity contribution in [2.24, 2.45) is 0 Å². The van der Waals surface area contributed by atoms with Crippen LogP contribution in [-0.4, -0.2) is 10.1 Å². The maximum atomic E-state index is 5.64. The molecule has 0 bridgehead atoms. The van der Waals surface area contributed by atoms with Gasteiger partial charge in [-0.25, -0.2) is 0 Å². The topological polar surface area (TPSA) is 28.2 Å². The molecule has 3 aromatic rings. The molecule has 3 nitrogen and oxygen atoms in total. The van der Waals surface area contributed by atoms with Gasteiger partial charge in [-0.05, 0) is 47.9 Å². The molecule has 1 N–H and O–H groups in total. The zero-order valence-corrected chi connectivity index (χ0v) is 13.9. The molecule has 23 heavy (non-hydrogen) atoms. The number of benzene rings is 1. The van der Waals surface area contributed by atoms with Crippen molar-refractivity contribution in [3.05, 3.63) is 82.8 Å². The third-order valence-electron chi connectivity index (χ3n) is 3.97. The second kappa shape index (κ2) is 6.10. The SMILES string of the molecule is S=C1NC(c2ccccn2)C(c2cccs2)N1c1ccccc1. The molecule has 1 aliphatic rings. The maximum absolute atomic E-state index is 5.64. The maximum Gasteiger partial charge on any atom is 0.174 e. The highest BCUT2D eigenvalue weighted by atomic mass is 32.1. The molecule has 2 unspecified atom stereocenters. The summed E-state index contributed by atoms with van der Waals surface area (Å²) in [5, 5.41) is 6.31. The molecule has 3 heterocycles. The highest BCUT2D eigenvalue weighted by molar-refractivity contribution is 7.80. The van der Waals surface area contributed by atoms with Crippen LogP contribution in [-0.2, 0) is 0 Å². The number of hydrogen-bond donors (Lipinski definition) is 1. The minimum absolute atomic E-state index is 0.0440. The van der Waals surface area contributed by atoms with E-state index in [9.17, 15) is 0 Å². The number of hydrogen-bond acceptors (Lipinski definition) is 3. The molecule has 2 atom stereocenters. The summed E-state index contributed by atoms with van der Waals surface area (Å²) in [7, 11) is 0. The van der Waals surface area contributed by atoms with E-state index in [1.807, 2.05) is 36.5 Å². The Morgan fingerprint density at radius 3 is 2.52 bits per heavy atom. The highest BCUT2D eigenvalue weighted by Gasteiger charge is 2.40. The smallest absolute Gasteiger partial charge is 0.174 e. The molecule has 1 fully saturated rings. The second-order valence-corrected chi connectivity index (χ2v) is 6.71. The standard InChI is InChI=1S/C18H15N3S2/c22-18-20-16(14-9-4-5-11-19-14)17(15-10-6-12-23-15)21(18)13-7-2-1-3-8-13/h1-12,16-17H,(H,20,22). The van der Waals surface area contributed by atoms with Gasteiger partial charge in [0.05, 0.1) is 17.8 Å². The van der Waals surface area contributed by atoms with Crippen LogP contribution in [0.4, 0.5) is 5.69 Å². The lowest BCUT2D eigenvalue weighted by Crippen LogP contribution is -2.28. The fourth-order valence-electron chi connectivity index (χ4n) is 2.97. The largest absolute Gasteiger partial charge is 0.351 e. The second-order valence-electron chi connectivity index (χ2n) is 5.35. The van der Waals surface area contributed by atoms with E-state index in [1.54, 1.807) is 11.3 Å². The Kier molecular flexibility index (Phi) is 3.81. The lowest BCUT2D eigenvalue weighted by atomic mass is 10.0. The average Bonchev–Trinajstić information content (AvgIpc) is 3.24. The molecule has 114 valence electrons. The molecular formula is C18H15N3S2. The number of nitrogens with one attached hydrogen (secondary N) is 1. The van der Waals surface area contributed by atoms with Crippen LogP contribution < -0.4 is 10.2 Å². The number of para-hydroxylation sites is 1. The van der Waals surface area contributed by atoms with Gasteiger partial charge in [-0.1, -0.05) is 30.3 Å².